The SMILES string of the molecule is CCCC[C@]1(CC)CSc2ccccc2[C@@H](n2cccc2)N1. The highest BCUT2D eigenvalue weighted by atomic mass is 32.2. The number of nitrogens with one attached hydrogen (secondary N) is 1. The lowest BCUT2D eigenvalue weighted by Gasteiger charge is -2.36. The van der Waals surface area contributed by atoms with Gasteiger partial charge in [0.05, 0.1) is 0 Å². The third kappa shape index (κ3) is 3.11. The number of hydrogen-bond donors (Lipinski definition) is 1. The molecule has 1 aliphatic heterocycles. The van der Waals surface area contributed by atoms with E-state index >= 15 is 0 Å². The minimum atomic E-state index is 0.217. The predicted octanol–water partition coefficient (Wildman–Crippen LogP) is 5.07. The van der Waals surface area contributed by atoms with Crippen LogP contribution in [0.25, 0.3) is 0 Å². The Morgan fingerprint density at radius 2 is 1.95 bits per heavy atom. The average molecular weight is 314 g/mol. The smallest absolute Gasteiger partial charge is 0.111 e. The minimum Gasteiger partial charge on any atom is -0.334 e. The summed E-state index contributed by atoms with van der Waals surface area (Å²) in [5.41, 5.74) is 1.62. The third-order valence-electron chi connectivity index (χ3n) is 4.77. The number of benzene rings is 1. The molecule has 0 bridgehead atoms. The molecule has 0 unspecified atom stereocenters. The summed E-state index contributed by atoms with van der Waals surface area (Å²) in [7, 11) is 0. The van der Waals surface area contributed by atoms with Crippen molar-refractivity contribution in [2.24, 2.45) is 0 Å². The lowest BCUT2D eigenvalue weighted by atomic mass is 9.91. The first kappa shape index (κ1) is 15.7. The molecule has 0 amide bonds. The molecule has 0 saturated heterocycles. The molecule has 1 aromatic heterocycles. The maximum absolute atomic E-state index is 4.01. The molecule has 2 heterocycles. The molecule has 0 radical (unpaired) electrons. The summed E-state index contributed by atoms with van der Waals surface area (Å²) >= 11 is 2.02. The summed E-state index contributed by atoms with van der Waals surface area (Å²) in [6, 6.07) is 13.1. The van der Waals surface area contributed by atoms with E-state index < -0.39 is 0 Å². The highest BCUT2D eigenvalue weighted by Crippen LogP contribution is 2.38. The third-order valence-corrected chi connectivity index (χ3v) is 6.15. The van der Waals surface area contributed by atoms with E-state index in [2.05, 4.69) is 72.5 Å². The van der Waals surface area contributed by atoms with Crippen molar-refractivity contribution in [3.05, 3.63) is 54.4 Å². The Morgan fingerprint density at radius 1 is 1.18 bits per heavy atom. The Labute approximate surface area is 138 Å². The van der Waals surface area contributed by atoms with Gasteiger partial charge in [-0.05, 0) is 31.0 Å². The van der Waals surface area contributed by atoms with Gasteiger partial charge in [-0.25, -0.2) is 0 Å². The molecule has 2 atom stereocenters. The van der Waals surface area contributed by atoms with E-state index in [0.717, 1.165) is 5.75 Å². The number of hydrogen-bond acceptors (Lipinski definition) is 2. The van der Waals surface area contributed by atoms with Gasteiger partial charge in [-0.1, -0.05) is 44.9 Å². The highest BCUT2D eigenvalue weighted by molar-refractivity contribution is 7.99. The molecule has 2 aromatic rings. The Morgan fingerprint density at radius 3 is 2.68 bits per heavy atom. The molecule has 3 heteroatoms. The maximum Gasteiger partial charge on any atom is 0.111 e. The van der Waals surface area contributed by atoms with Crippen molar-refractivity contribution in [3.8, 4) is 0 Å². The summed E-state index contributed by atoms with van der Waals surface area (Å²) in [5.74, 6) is 1.15. The lowest BCUT2D eigenvalue weighted by Crippen LogP contribution is -2.49. The van der Waals surface area contributed by atoms with E-state index in [9.17, 15) is 0 Å². The van der Waals surface area contributed by atoms with Crippen LogP contribution >= 0.6 is 11.8 Å². The minimum absolute atomic E-state index is 0.217. The molecule has 118 valence electrons. The van der Waals surface area contributed by atoms with Crippen LogP contribution in [0.1, 0.15) is 51.3 Å². The molecule has 1 aliphatic rings. The summed E-state index contributed by atoms with van der Waals surface area (Å²) < 4.78 is 2.31. The number of thioether (sulfide) groups is 1. The summed E-state index contributed by atoms with van der Waals surface area (Å²) in [5, 5.41) is 4.01. The molecule has 0 saturated carbocycles. The van der Waals surface area contributed by atoms with E-state index in [1.165, 1.54) is 36.1 Å². The molecule has 1 N–H and O–H groups in total. The van der Waals surface area contributed by atoms with Crippen molar-refractivity contribution in [1.82, 2.24) is 9.88 Å². The molecular weight excluding hydrogens is 288 g/mol. The van der Waals surface area contributed by atoms with Gasteiger partial charge in [-0.3, -0.25) is 5.32 Å². The van der Waals surface area contributed by atoms with Crippen LogP contribution in [-0.2, 0) is 0 Å². The zero-order valence-electron chi connectivity index (χ0n) is 13.6. The van der Waals surface area contributed by atoms with Crippen LogP contribution in [0.5, 0.6) is 0 Å². The molecular formula is C19H26N2S. The van der Waals surface area contributed by atoms with Gasteiger partial charge in [0, 0.05) is 34.1 Å². The number of aromatic nitrogens is 1. The first-order valence-electron chi connectivity index (χ1n) is 8.40. The first-order valence-corrected chi connectivity index (χ1v) is 9.38. The van der Waals surface area contributed by atoms with Crippen LogP contribution < -0.4 is 5.32 Å². The highest BCUT2D eigenvalue weighted by Gasteiger charge is 2.35. The van der Waals surface area contributed by atoms with Gasteiger partial charge in [0.15, 0.2) is 0 Å². The van der Waals surface area contributed by atoms with E-state index in [4.69, 9.17) is 0 Å². The largest absolute Gasteiger partial charge is 0.334 e. The second-order valence-electron chi connectivity index (χ2n) is 6.24. The summed E-state index contributed by atoms with van der Waals surface area (Å²) in [4.78, 5) is 1.42. The molecule has 1 aromatic carbocycles. The van der Waals surface area contributed by atoms with E-state index in [1.54, 1.807) is 0 Å². The second kappa shape index (κ2) is 6.93. The first-order chi connectivity index (χ1) is 10.8. The number of unbranched alkanes of at least 4 members (excludes halogenated alkanes) is 1. The van der Waals surface area contributed by atoms with Gasteiger partial charge in [0.2, 0.25) is 0 Å². The second-order valence-corrected chi connectivity index (χ2v) is 7.26. The van der Waals surface area contributed by atoms with Gasteiger partial charge in [0.25, 0.3) is 0 Å². The van der Waals surface area contributed by atoms with Crippen LogP contribution in [0.15, 0.2) is 53.7 Å². The van der Waals surface area contributed by atoms with Crippen molar-refractivity contribution < 1.29 is 0 Å². The normalized spacial score (nSPS) is 24.7. The molecule has 2 nitrogen and oxygen atoms in total. The average Bonchev–Trinajstić information content (AvgIpc) is 3.04. The van der Waals surface area contributed by atoms with Crippen molar-refractivity contribution in [3.63, 3.8) is 0 Å². The summed E-state index contributed by atoms with van der Waals surface area (Å²) in [6.45, 7) is 4.61. The Balaban J connectivity index is 1.99. The van der Waals surface area contributed by atoms with Crippen molar-refractivity contribution in [1.29, 1.82) is 0 Å². The Kier molecular flexibility index (Phi) is 4.94. The molecule has 22 heavy (non-hydrogen) atoms. The summed E-state index contributed by atoms with van der Waals surface area (Å²) in [6.07, 6.45) is 9.55. The fourth-order valence-electron chi connectivity index (χ4n) is 3.26. The van der Waals surface area contributed by atoms with E-state index in [0.29, 0.717) is 0 Å². The van der Waals surface area contributed by atoms with Crippen molar-refractivity contribution >= 4 is 11.8 Å². The monoisotopic (exact) mass is 314 g/mol. The predicted molar refractivity (Wildman–Crippen MR) is 95.4 cm³/mol. The quantitative estimate of drug-likeness (QED) is 0.830. The van der Waals surface area contributed by atoms with Crippen molar-refractivity contribution in [2.75, 3.05) is 5.75 Å². The number of nitrogens with zero attached hydrogens (tertiary/aromatic N) is 1. The molecule has 3 rings (SSSR count). The number of fused-ring (bicyclic) bond motifs is 1. The standard InChI is InChI=1S/C19H26N2S/c1-3-5-12-19(4-2)15-22-17-11-7-6-10-16(17)18(20-19)21-13-8-9-14-21/h6-11,13-14,18,20H,3-5,12,15H2,1-2H3/t18-,19-/m1/s1. The van der Waals surface area contributed by atoms with Crippen LogP contribution in [0.3, 0.4) is 0 Å². The Hall–Kier alpha value is -1.19. The zero-order valence-corrected chi connectivity index (χ0v) is 14.4. The molecule has 0 aliphatic carbocycles. The van der Waals surface area contributed by atoms with Gasteiger partial charge in [-0.15, -0.1) is 11.8 Å². The fourth-order valence-corrected chi connectivity index (χ4v) is 4.64. The van der Waals surface area contributed by atoms with Gasteiger partial charge < -0.3 is 4.57 Å². The van der Waals surface area contributed by atoms with Crippen molar-refractivity contribution in [2.45, 2.75) is 56.1 Å². The van der Waals surface area contributed by atoms with Crippen LogP contribution in [0, 0.1) is 0 Å². The topological polar surface area (TPSA) is 17.0 Å². The van der Waals surface area contributed by atoms with Crippen LogP contribution in [0.4, 0.5) is 0 Å². The maximum atomic E-state index is 4.01. The van der Waals surface area contributed by atoms with Crippen LogP contribution in [0.2, 0.25) is 0 Å². The molecule has 0 fully saturated rings. The van der Waals surface area contributed by atoms with E-state index in [-0.39, 0.29) is 11.7 Å². The van der Waals surface area contributed by atoms with Crippen LogP contribution in [-0.4, -0.2) is 15.9 Å². The molecule has 0 spiro atoms. The van der Waals surface area contributed by atoms with Gasteiger partial charge in [-0.2, -0.15) is 0 Å². The number of rotatable bonds is 5. The Bertz CT molecular complexity index is 593. The van der Waals surface area contributed by atoms with E-state index in [1.807, 2.05) is 11.8 Å². The van der Waals surface area contributed by atoms with Gasteiger partial charge >= 0.3 is 0 Å². The fraction of sp³-hybridized carbons (Fsp3) is 0.474. The lowest BCUT2D eigenvalue weighted by molar-refractivity contribution is 0.264. The zero-order chi connectivity index (χ0) is 15.4. The van der Waals surface area contributed by atoms with Gasteiger partial charge in [0.1, 0.15) is 6.17 Å².